The lowest BCUT2D eigenvalue weighted by atomic mass is 10.1. The van der Waals surface area contributed by atoms with Crippen LogP contribution in [0, 0.1) is 0 Å². The minimum absolute atomic E-state index is 0.188. The van der Waals surface area contributed by atoms with E-state index in [0.717, 1.165) is 30.0 Å². The maximum atomic E-state index is 9.98. The molecule has 1 N–H and O–H groups in total. The fourth-order valence-electron chi connectivity index (χ4n) is 3.63. The zero-order valence-corrected chi connectivity index (χ0v) is 17.0. The van der Waals surface area contributed by atoms with Crippen LogP contribution >= 0.6 is 0 Å². The molecule has 0 spiro atoms. The zero-order chi connectivity index (χ0) is 21.0. The second kappa shape index (κ2) is 8.61. The lowest BCUT2D eigenvalue weighted by molar-refractivity contribution is 0.122. The minimum Gasteiger partial charge on any atom is -0.508 e. The van der Waals surface area contributed by atoms with Crippen LogP contribution in [0.25, 0.3) is 22.4 Å². The molecular weight excluding hydrogens is 394 g/mol. The van der Waals surface area contributed by atoms with E-state index in [-0.39, 0.29) is 5.75 Å². The van der Waals surface area contributed by atoms with Gasteiger partial charge in [-0.15, -0.1) is 0 Å². The number of fused-ring (bicyclic) bond motifs is 1. The molecule has 0 radical (unpaired) electrons. The Morgan fingerprint density at radius 1 is 1.00 bits per heavy atom. The lowest BCUT2D eigenvalue weighted by Gasteiger charge is -2.27. The smallest absolute Gasteiger partial charge is 0.228 e. The van der Waals surface area contributed by atoms with Gasteiger partial charge in [0, 0.05) is 18.7 Å². The van der Waals surface area contributed by atoms with E-state index in [2.05, 4.69) is 9.88 Å². The van der Waals surface area contributed by atoms with E-state index in [9.17, 15) is 5.11 Å². The van der Waals surface area contributed by atoms with Crippen molar-refractivity contribution in [2.75, 3.05) is 37.8 Å². The Morgan fingerprint density at radius 2 is 1.84 bits per heavy atom. The van der Waals surface area contributed by atoms with E-state index < -0.39 is 0 Å². The number of anilines is 1. The Morgan fingerprint density at radius 3 is 2.65 bits per heavy atom. The number of ether oxygens (including phenoxy) is 2. The predicted octanol–water partition coefficient (Wildman–Crippen LogP) is 3.11. The molecule has 2 aromatic carbocycles. The number of para-hydroxylation sites is 1. The molecule has 158 valence electrons. The number of benzene rings is 2. The van der Waals surface area contributed by atoms with Crippen LogP contribution in [0.3, 0.4) is 0 Å². The summed E-state index contributed by atoms with van der Waals surface area (Å²) in [5, 5.41) is 9.98. The maximum absolute atomic E-state index is 9.98. The Labute approximate surface area is 179 Å². The van der Waals surface area contributed by atoms with Crippen molar-refractivity contribution < 1.29 is 14.6 Å². The quantitative estimate of drug-likeness (QED) is 0.516. The molecule has 2 aromatic heterocycles. The molecule has 8 heteroatoms. The summed E-state index contributed by atoms with van der Waals surface area (Å²) in [6.45, 7) is 3.85. The van der Waals surface area contributed by atoms with Gasteiger partial charge in [0.1, 0.15) is 29.3 Å². The Kier molecular flexibility index (Phi) is 5.37. The van der Waals surface area contributed by atoms with Crippen LogP contribution in [-0.4, -0.2) is 57.5 Å². The lowest BCUT2D eigenvalue weighted by Crippen LogP contribution is -2.37. The molecule has 0 saturated carbocycles. The van der Waals surface area contributed by atoms with E-state index in [1.807, 2.05) is 41.0 Å². The summed E-state index contributed by atoms with van der Waals surface area (Å²) in [5.74, 6) is 1.66. The van der Waals surface area contributed by atoms with Crippen LogP contribution < -0.4 is 9.64 Å². The van der Waals surface area contributed by atoms with Gasteiger partial charge in [-0.1, -0.05) is 30.3 Å². The van der Waals surface area contributed by atoms with Gasteiger partial charge in [0.2, 0.25) is 5.95 Å². The molecule has 0 unspecified atom stereocenters. The fourth-order valence-corrected chi connectivity index (χ4v) is 3.63. The van der Waals surface area contributed by atoms with Crippen LogP contribution in [-0.2, 0) is 11.3 Å². The summed E-state index contributed by atoms with van der Waals surface area (Å²) in [4.78, 5) is 16.4. The van der Waals surface area contributed by atoms with Crippen molar-refractivity contribution in [2.45, 2.75) is 6.54 Å². The number of morpholine rings is 1. The molecule has 31 heavy (non-hydrogen) atoms. The van der Waals surface area contributed by atoms with Gasteiger partial charge in [0.25, 0.3) is 0 Å². The highest BCUT2D eigenvalue weighted by molar-refractivity contribution is 5.88. The van der Waals surface area contributed by atoms with Crippen molar-refractivity contribution in [3.05, 3.63) is 60.9 Å². The standard InChI is InChI=1S/C23H23N5O3/c29-18-6-4-5-17(15-18)20-21-22(26-23(25-20)27-9-12-30-13-10-27)28(16-24-21)11-14-31-19-7-2-1-3-8-19/h1-8,15-16,29H,9-14H2. The largest absolute Gasteiger partial charge is 0.508 e. The van der Waals surface area contributed by atoms with E-state index in [0.29, 0.717) is 43.5 Å². The average molecular weight is 417 g/mol. The summed E-state index contributed by atoms with van der Waals surface area (Å²) in [6, 6.07) is 16.8. The van der Waals surface area contributed by atoms with Crippen molar-refractivity contribution in [1.29, 1.82) is 0 Å². The van der Waals surface area contributed by atoms with E-state index in [4.69, 9.17) is 19.4 Å². The van der Waals surface area contributed by atoms with Gasteiger partial charge in [-0.25, -0.2) is 9.97 Å². The molecule has 1 fully saturated rings. The van der Waals surface area contributed by atoms with Gasteiger partial charge >= 0.3 is 0 Å². The number of rotatable bonds is 6. The van der Waals surface area contributed by atoms with Crippen LogP contribution in [0.1, 0.15) is 0 Å². The zero-order valence-electron chi connectivity index (χ0n) is 17.0. The maximum Gasteiger partial charge on any atom is 0.228 e. The van der Waals surface area contributed by atoms with Crippen molar-refractivity contribution in [3.63, 3.8) is 0 Å². The molecular formula is C23H23N5O3. The molecule has 3 heterocycles. The molecule has 0 aliphatic carbocycles. The van der Waals surface area contributed by atoms with Crippen LogP contribution in [0.5, 0.6) is 11.5 Å². The molecule has 8 nitrogen and oxygen atoms in total. The number of aromatic nitrogens is 4. The van der Waals surface area contributed by atoms with Crippen molar-refractivity contribution in [2.24, 2.45) is 0 Å². The number of aromatic hydroxyl groups is 1. The molecule has 0 bridgehead atoms. The highest BCUT2D eigenvalue weighted by Crippen LogP contribution is 2.29. The molecule has 4 aromatic rings. The first-order valence-electron chi connectivity index (χ1n) is 10.3. The van der Waals surface area contributed by atoms with Gasteiger partial charge < -0.3 is 24.0 Å². The topological polar surface area (TPSA) is 85.5 Å². The van der Waals surface area contributed by atoms with Crippen molar-refractivity contribution >= 4 is 17.1 Å². The SMILES string of the molecule is Oc1cccc(-c2nc(N3CCOCC3)nc3c2ncn3CCOc2ccccc2)c1. The summed E-state index contributed by atoms with van der Waals surface area (Å²) in [7, 11) is 0. The second-order valence-corrected chi connectivity index (χ2v) is 7.29. The minimum atomic E-state index is 0.188. The third-order valence-corrected chi connectivity index (χ3v) is 5.21. The summed E-state index contributed by atoms with van der Waals surface area (Å²) >= 11 is 0. The van der Waals surface area contributed by atoms with Crippen molar-refractivity contribution in [1.82, 2.24) is 19.5 Å². The number of phenolic OH excluding ortho intramolecular Hbond substituents is 1. The first-order valence-corrected chi connectivity index (χ1v) is 10.3. The summed E-state index contributed by atoms with van der Waals surface area (Å²) in [5.41, 5.74) is 2.94. The van der Waals surface area contributed by atoms with Gasteiger partial charge in [0.05, 0.1) is 26.1 Å². The third-order valence-electron chi connectivity index (χ3n) is 5.21. The molecule has 1 saturated heterocycles. The average Bonchev–Trinajstić information content (AvgIpc) is 3.23. The molecule has 0 atom stereocenters. The fraction of sp³-hybridized carbons (Fsp3) is 0.261. The van der Waals surface area contributed by atoms with Crippen LogP contribution in [0.15, 0.2) is 60.9 Å². The third kappa shape index (κ3) is 4.15. The summed E-state index contributed by atoms with van der Waals surface area (Å²) in [6.07, 6.45) is 1.77. The van der Waals surface area contributed by atoms with Gasteiger partial charge in [-0.3, -0.25) is 0 Å². The normalized spacial score (nSPS) is 14.1. The van der Waals surface area contributed by atoms with Gasteiger partial charge in [-0.05, 0) is 24.3 Å². The predicted molar refractivity (Wildman–Crippen MR) is 117 cm³/mol. The number of nitrogens with zero attached hydrogens (tertiary/aromatic N) is 5. The first-order chi connectivity index (χ1) is 15.3. The highest BCUT2D eigenvalue weighted by Gasteiger charge is 2.20. The Balaban J connectivity index is 1.51. The monoisotopic (exact) mass is 417 g/mol. The van der Waals surface area contributed by atoms with E-state index >= 15 is 0 Å². The highest BCUT2D eigenvalue weighted by atomic mass is 16.5. The van der Waals surface area contributed by atoms with Gasteiger partial charge in [-0.2, -0.15) is 4.98 Å². The van der Waals surface area contributed by atoms with Crippen molar-refractivity contribution in [3.8, 4) is 22.8 Å². The van der Waals surface area contributed by atoms with E-state index in [1.165, 1.54) is 0 Å². The molecule has 1 aliphatic heterocycles. The first kappa shape index (κ1) is 19.3. The van der Waals surface area contributed by atoms with Crippen LogP contribution in [0.4, 0.5) is 5.95 Å². The van der Waals surface area contributed by atoms with Crippen LogP contribution in [0.2, 0.25) is 0 Å². The van der Waals surface area contributed by atoms with E-state index in [1.54, 1.807) is 24.5 Å². The summed E-state index contributed by atoms with van der Waals surface area (Å²) < 4.78 is 13.3. The van der Waals surface area contributed by atoms with Gasteiger partial charge in [0.15, 0.2) is 5.65 Å². The Bertz CT molecular complexity index is 1170. The molecule has 5 rings (SSSR count). The number of hydrogen-bond acceptors (Lipinski definition) is 7. The number of hydrogen-bond donors (Lipinski definition) is 1. The number of phenols is 1. The second-order valence-electron chi connectivity index (χ2n) is 7.29. The number of imidazole rings is 1. The molecule has 0 amide bonds. The Hall–Kier alpha value is -3.65. The molecule has 1 aliphatic rings.